The number of hydrogen-bond donors (Lipinski definition) is 1. The highest BCUT2D eigenvalue weighted by molar-refractivity contribution is 6.36. The summed E-state index contributed by atoms with van der Waals surface area (Å²) < 4.78 is 1.28. The molecule has 0 aliphatic heterocycles. The van der Waals surface area contributed by atoms with Gasteiger partial charge < -0.3 is 10.2 Å². The molecule has 2 rings (SSSR count). The number of nitrogens with one attached hydrogen (secondary N) is 1. The lowest BCUT2D eigenvalue weighted by molar-refractivity contribution is -0.386. The molecule has 0 fully saturated rings. The molecule has 11 heteroatoms. The average molecular weight is 442 g/mol. The molecule has 1 N–H and O–H groups in total. The monoisotopic (exact) mass is 441 g/mol. The van der Waals surface area contributed by atoms with Gasteiger partial charge in [0.15, 0.2) is 0 Å². The number of benzene rings is 1. The highest BCUT2D eigenvalue weighted by Crippen LogP contribution is 2.25. The predicted molar refractivity (Wildman–Crippen MR) is 110 cm³/mol. The van der Waals surface area contributed by atoms with E-state index in [2.05, 4.69) is 10.4 Å². The third-order valence-electron chi connectivity index (χ3n) is 4.20. The largest absolute Gasteiger partial charge is 0.332 e. The first-order chi connectivity index (χ1) is 13.6. The Kier molecular flexibility index (Phi) is 7.58. The van der Waals surface area contributed by atoms with Gasteiger partial charge in [-0.25, -0.2) is 0 Å². The Morgan fingerprint density at radius 2 is 2.00 bits per heavy atom. The Bertz CT molecular complexity index is 945. The Hall–Kier alpha value is -2.65. The molecule has 2 aromatic rings. The third kappa shape index (κ3) is 5.68. The molecule has 1 aromatic carbocycles. The fraction of sp³-hybridized carbons (Fsp3) is 0.389. The fourth-order valence-electron chi connectivity index (χ4n) is 2.85. The molecule has 0 aliphatic carbocycles. The molecule has 0 radical (unpaired) electrons. The van der Waals surface area contributed by atoms with Crippen LogP contribution < -0.4 is 5.32 Å². The van der Waals surface area contributed by atoms with Gasteiger partial charge >= 0.3 is 5.69 Å². The van der Waals surface area contributed by atoms with Gasteiger partial charge in [0.05, 0.1) is 22.2 Å². The van der Waals surface area contributed by atoms with Crippen molar-refractivity contribution in [1.82, 2.24) is 14.7 Å². The van der Waals surface area contributed by atoms with Crippen LogP contribution in [0.3, 0.4) is 0 Å². The maximum absolute atomic E-state index is 12.7. The van der Waals surface area contributed by atoms with Crippen molar-refractivity contribution in [1.29, 1.82) is 0 Å². The van der Waals surface area contributed by atoms with E-state index in [1.807, 2.05) is 6.92 Å². The number of halogens is 2. The number of carbonyl (C=O) groups is 2. The van der Waals surface area contributed by atoms with E-state index in [4.69, 9.17) is 23.2 Å². The molecule has 0 saturated carbocycles. The number of rotatable bonds is 8. The van der Waals surface area contributed by atoms with E-state index in [0.717, 1.165) is 0 Å². The second-order valence-electron chi connectivity index (χ2n) is 6.42. The van der Waals surface area contributed by atoms with Crippen LogP contribution in [-0.4, -0.2) is 44.5 Å². The minimum atomic E-state index is -0.522. The molecule has 0 unspecified atom stereocenters. The van der Waals surface area contributed by atoms with E-state index in [0.29, 0.717) is 23.7 Å². The van der Waals surface area contributed by atoms with Crippen LogP contribution in [-0.2, 0) is 16.1 Å². The molecule has 2 amide bonds. The topological polar surface area (TPSA) is 110 Å². The van der Waals surface area contributed by atoms with Gasteiger partial charge in [-0.3, -0.25) is 24.4 Å². The summed E-state index contributed by atoms with van der Waals surface area (Å²) in [6, 6.07) is 4.67. The summed E-state index contributed by atoms with van der Waals surface area (Å²) >= 11 is 11.9. The quantitative estimate of drug-likeness (QED) is 0.496. The fourth-order valence-corrected chi connectivity index (χ4v) is 3.31. The van der Waals surface area contributed by atoms with Crippen molar-refractivity contribution >= 4 is 46.4 Å². The first kappa shape index (κ1) is 22.6. The number of anilines is 1. The molecule has 1 aromatic heterocycles. The van der Waals surface area contributed by atoms with Gasteiger partial charge in [0, 0.05) is 11.6 Å². The maximum atomic E-state index is 12.7. The van der Waals surface area contributed by atoms with Gasteiger partial charge in [-0.2, -0.15) is 5.10 Å². The van der Waals surface area contributed by atoms with Crippen LogP contribution in [0.5, 0.6) is 0 Å². The molecule has 0 saturated heterocycles. The zero-order valence-electron chi connectivity index (χ0n) is 16.2. The van der Waals surface area contributed by atoms with Crippen LogP contribution >= 0.6 is 23.2 Å². The summed E-state index contributed by atoms with van der Waals surface area (Å²) in [5, 5.41) is 18.6. The second-order valence-corrected chi connectivity index (χ2v) is 7.27. The summed E-state index contributed by atoms with van der Waals surface area (Å²) in [6.45, 7) is 4.89. The molecule has 1 heterocycles. The average Bonchev–Trinajstić information content (AvgIpc) is 2.90. The Morgan fingerprint density at radius 1 is 1.31 bits per heavy atom. The van der Waals surface area contributed by atoms with Crippen molar-refractivity contribution in [3.63, 3.8) is 0 Å². The van der Waals surface area contributed by atoms with E-state index < -0.39 is 10.8 Å². The lowest BCUT2D eigenvalue weighted by Crippen LogP contribution is -2.40. The van der Waals surface area contributed by atoms with Crippen LogP contribution in [0, 0.1) is 24.0 Å². The second kappa shape index (κ2) is 9.71. The molecule has 0 atom stereocenters. The van der Waals surface area contributed by atoms with Gasteiger partial charge in [0.25, 0.3) is 0 Å². The summed E-state index contributed by atoms with van der Waals surface area (Å²) in [7, 11) is 0. The number of carbonyl (C=O) groups excluding carboxylic acids is 2. The molecule has 0 aliphatic rings. The normalized spacial score (nSPS) is 10.7. The van der Waals surface area contributed by atoms with Crippen LogP contribution in [0.1, 0.15) is 24.7 Å². The van der Waals surface area contributed by atoms with Crippen LogP contribution in [0.25, 0.3) is 0 Å². The molecular formula is C18H21Cl2N5O4. The molecule has 29 heavy (non-hydrogen) atoms. The first-order valence-electron chi connectivity index (χ1n) is 8.85. The van der Waals surface area contributed by atoms with Crippen molar-refractivity contribution in [2.45, 2.75) is 33.7 Å². The number of amides is 2. The highest BCUT2D eigenvalue weighted by atomic mass is 35.5. The van der Waals surface area contributed by atoms with Crippen molar-refractivity contribution < 1.29 is 14.5 Å². The van der Waals surface area contributed by atoms with E-state index >= 15 is 0 Å². The number of nitrogens with zero attached hydrogens (tertiary/aromatic N) is 4. The standard InChI is InChI=1S/C18H21Cl2N5O4/c1-4-7-23(9-16(26)21-15-6-5-13(19)8-14(15)20)17(27)10-24-12(3)18(25(28)29)11(2)22-24/h5-6,8H,4,7,9-10H2,1-3H3,(H,21,26). The van der Waals surface area contributed by atoms with E-state index in [9.17, 15) is 19.7 Å². The van der Waals surface area contributed by atoms with Gasteiger partial charge in [-0.15, -0.1) is 0 Å². The van der Waals surface area contributed by atoms with Gasteiger partial charge in [-0.05, 0) is 38.5 Å². The molecule has 156 valence electrons. The lowest BCUT2D eigenvalue weighted by Gasteiger charge is -2.22. The van der Waals surface area contributed by atoms with Crippen molar-refractivity contribution in [2.75, 3.05) is 18.4 Å². The Labute approximate surface area is 177 Å². The SMILES string of the molecule is CCCN(CC(=O)Nc1ccc(Cl)cc1Cl)C(=O)Cn1nc(C)c([N+](=O)[O-])c1C. The molecule has 0 bridgehead atoms. The Morgan fingerprint density at radius 3 is 2.55 bits per heavy atom. The lowest BCUT2D eigenvalue weighted by atomic mass is 10.3. The van der Waals surface area contributed by atoms with Crippen molar-refractivity contribution in [2.24, 2.45) is 0 Å². The van der Waals surface area contributed by atoms with Crippen molar-refractivity contribution in [3.8, 4) is 0 Å². The molecule has 9 nitrogen and oxygen atoms in total. The minimum Gasteiger partial charge on any atom is -0.332 e. The van der Waals surface area contributed by atoms with E-state index in [-0.39, 0.29) is 41.1 Å². The number of hydrogen-bond acceptors (Lipinski definition) is 5. The zero-order valence-corrected chi connectivity index (χ0v) is 17.8. The number of aryl methyl sites for hydroxylation is 1. The maximum Gasteiger partial charge on any atom is 0.312 e. The van der Waals surface area contributed by atoms with Crippen molar-refractivity contribution in [3.05, 3.63) is 49.7 Å². The minimum absolute atomic E-state index is 0.116. The summed E-state index contributed by atoms with van der Waals surface area (Å²) in [4.78, 5) is 37.1. The van der Waals surface area contributed by atoms with Crippen LogP contribution in [0.4, 0.5) is 11.4 Å². The first-order valence-corrected chi connectivity index (χ1v) is 9.60. The van der Waals surface area contributed by atoms with E-state index in [1.165, 1.54) is 29.5 Å². The highest BCUT2D eigenvalue weighted by Gasteiger charge is 2.25. The van der Waals surface area contributed by atoms with Gasteiger partial charge in [0.2, 0.25) is 11.8 Å². The zero-order chi connectivity index (χ0) is 21.7. The predicted octanol–water partition coefficient (Wildman–Crippen LogP) is 3.59. The van der Waals surface area contributed by atoms with Gasteiger partial charge in [-0.1, -0.05) is 30.1 Å². The summed E-state index contributed by atoms with van der Waals surface area (Å²) in [5.41, 5.74) is 0.793. The summed E-state index contributed by atoms with van der Waals surface area (Å²) in [5.74, 6) is -0.792. The molecule has 0 spiro atoms. The van der Waals surface area contributed by atoms with Crippen LogP contribution in [0.2, 0.25) is 10.0 Å². The molecular weight excluding hydrogens is 421 g/mol. The number of aromatic nitrogens is 2. The number of nitro groups is 1. The van der Waals surface area contributed by atoms with Gasteiger partial charge in [0.1, 0.15) is 17.9 Å². The third-order valence-corrected chi connectivity index (χ3v) is 4.74. The summed E-state index contributed by atoms with van der Waals surface area (Å²) in [6.07, 6.45) is 0.637. The smallest absolute Gasteiger partial charge is 0.312 e. The van der Waals surface area contributed by atoms with Crippen LogP contribution in [0.15, 0.2) is 18.2 Å². The Balaban J connectivity index is 2.10. The van der Waals surface area contributed by atoms with E-state index in [1.54, 1.807) is 12.1 Å².